The van der Waals surface area contributed by atoms with Crippen LogP contribution in [-0.2, 0) is 4.79 Å². The summed E-state index contributed by atoms with van der Waals surface area (Å²) in [6.45, 7) is 4.36. The first-order chi connectivity index (χ1) is 5.13. The van der Waals surface area contributed by atoms with Crippen LogP contribution in [0.25, 0.3) is 0 Å². The fourth-order valence-corrected chi connectivity index (χ4v) is 0.999. The van der Waals surface area contributed by atoms with Crippen molar-refractivity contribution in [3.8, 4) is 0 Å². The summed E-state index contributed by atoms with van der Waals surface area (Å²) in [6.07, 6.45) is 4.36. The highest BCUT2D eigenvalue weighted by Gasteiger charge is 1.93. The molecule has 0 amide bonds. The molecule has 11 heavy (non-hydrogen) atoms. The quantitative estimate of drug-likeness (QED) is 0.546. The molecule has 0 fully saturated rings. The van der Waals surface area contributed by atoms with Crippen molar-refractivity contribution in [1.29, 1.82) is 0 Å². The van der Waals surface area contributed by atoms with Crippen molar-refractivity contribution >= 4 is 5.97 Å². The van der Waals surface area contributed by atoms with Crippen LogP contribution in [0.15, 0.2) is 0 Å². The van der Waals surface area contributed by atoms with Gasteiger partial charge in [-0.15, -0.1) is 0 Å². The van der Waals surface area contributed by atoms with Crippen LogP contribution in [0.5, 0.6) is 0 Å². The molecule has 0 heterocycles. The van der Waals surface area contributed by atoms with E-state index in [1.54, 1.807) is 0 Å². The van der Waals surface area contributed by atoms with Gasteiger partial charge in [0.2, 0.25) is 0 Å². The van der Waals surface area contributed by atoms with Crippen LogP contribution in [0.4, 0.5) is 0 Å². The summed E-state index contributed by atoms with van der Waals surface area (Å²) in [6, 6.07) is 0. The molecule has 0 saturated heterocycles. The zero-order chi connectivity index (χ0) is 8.69. The first-order valence-electron chi connectivity index (χ1n) is 4.32. The van der Waals surface area contributed by atoms with Crippen LogP contribution in [0.3, 0.4) is 0 Å². The fraction of sp³-hybridized carbons (Fsp3) is 0.889. The Bertz CT molecular complexity index is 108. The molecule has 0 aromatic carbocycles. The number of carboxylic acids is 1. The van der Waals surface area contributed by atoms with Crippen molar-refractivity contribution in [2.75, 3.05) is 0 Å². The van der Waals surface area contributed by atoms with Crippen LogP contribution in [0, 0.1) is 5.92 Å². The molecule has 0 aromatic rings. The van der Waals surface area contributed by atoms with E-state index in [0.29, 0.717) is 0 Å². The maximum absolute atomic E-state index is 9.99. The average Bonchev–Trinajstić information content (AvgIpc) is 1.85. The largest absolute Gasteiger partial charge is 0.550 e. The molecule has 0 atom stereocenters. The third kappa shape index (κ3) is 9.47. The molecule has 0 aliphatic heterocycles. The van der Waals surface area contributed by atoms with Gasteiger partial charge in [-0.25, -0.2) is 0 Å². The second kappa shape index (κ2) is 6.20. The normalized spacial score (nSPS) is 10.5. The van der Waals surface area contributed by atoms with Crippen molar-refractivity contribution < 1.29 is 9.90 Å². The van der Waals surface area contributed by atoms with Crippen molar-refractivity contribution in [3.05, 3.63) is 0 Å². The van der Waals surface area contributed by atoms with E-state index in [9.17, 15) is 9.90 Å². The minimum Gasteiger partial charge on any atom is -0.550 e. The lowest BCUT2D eigenvalue weighted by molar-refractivity contribution is -0.305. The smallest absolute Gasteiger partial charge is 0.0414 e. The molecule has 0 aromatic heterocycles. The van der Waals surface area contributed by atoms with E-state index < -0.39 is 5.97 Å². The van der Waals surface area contributed by atoms with Gasteiger partial charge < -0.3 is 9.90 Å². The van der Waals surface area contributed by atoms with Gasteiger partial charge in [0.1, 0.15) is 0 Å². The summed E-state index contributed by atoms with van der Waals surface area (Å²) < 4.78 is 0. The van der Waals surface area contributed by atoms with Crippen LogP contribution in [0.2, 0.25) is 0 Å². The highest BCUT2D eigenvalue weighted by Crippen LogP contribution is 2.08. The van der Waals surface area contributed by atoms with Gasteiger partial charge in [0.25, 0.3) is 0 Å². The molecule has 2 heteroatoms. The Balaban J connectivity index is 2.97. The van der Waals surface area contributed by atoms with Gasteiger partial charge in [-0.1, -0.05) is 33.1 Å². The summed E-state index contributed by atoms with van der Waals surface area (Å²) in [5, 5.41) is 9.99. The van der Waals surface area contributed by atoms with Gasteiger partial charge in [-0.2, -0.15) is 0 Å². The standard InChI is InChI=1S/C9H18O2/c1-8(2)6-4-3-5-7-9(10)11/h8H,3-7H2,1-2H3,(H,10,11)/p-1. The first kappa shape index (κ1) is 10.5. The molecule has 2 nitrogen and oxygen atoms in total. The summed E-state index contributed by atoms with van der Waals surface area (Å²) in [7, 11) is 0. The highest BCUT2D eigenvalue weighted by atomic mass is 16.4. The Morgan fingerprint density at radius 3 is 2.36 bits per heavy atom. The highest BCUT2D eigenvalue weighted by molar-refractivity contribution is 5.63. The zero-order valence-corrected chi connectivity index (χ0v) is 7.43. The SMILES string of the molecule is CC(C)CCCCCC(=O)[O-]. The van der Waals surface area contributed by atoms with E-state index in [-0.39, 0.29) is 6.42 Å². The summed E-state index contributed by atoms with van der Waals surface area (Å²) in [5.41, 5.74) is 0. The molecule has 0 rings (SSSR count). The van der Waals surface area contributed by atoms with Crippen molar-refractivity contribution in [1.82, 2.24) is 0 Å². The fourth-order valence-electron chi connectivity index (χ4n) is 0.999. The number of aliphatic carboxylic acids is 1. The molecule has 66 valence electrons. The molecule has 0 aliphatic rings. The second-order valence-corrected chi connectivity index (χ2v) is 3.37. The molecule has 0 radical (unpaired) electrons. The summed E-state index contributed by atoms with van der Waals surface area (Å²) >= 11 is 0. The minimum absolute atomic E-state index is 0.220. The molecule has 0 bridgehead atoms. The summed E-state index contributed by atoms with van der Waals surface area (Å²) in [5.74, 6) is -0.187. The van der Waals surface area contributed by atoms with Crippen LogP contribution in [0.1, 0.15) is 46.0 Å². The molecule has 0 saturated carbocycles. The van der Waals surface area contributed by atoms with Gasteiger partial charge in [0, 0.05) is 5.97 Å². The number of hydrogen-bond donors (Lipinski definition) is 0. The van der Waals surface area contributed by atoms with Gasteiger partial charge in [0.05, 0.1) is 0 Å². The van der Waals surface area contributed by atoms with E-state index in [4.69, 9.17) is 0 Å². The number of rotatable bonds is 6. The zero-order valence-electron chi connectivity index (χ0n) is 7.43. The Morgan fingerprint density at radius 1 is 1.27 bits per heavy atom. The monoisotopic (exact) mass is 157 g/mol. The van der Waals surface area contributed by atoms with Crippen molar-refractivity contribution in [2.24, 2.45) is 5.92 Å². The number of carbonyl (C=O) groups is 1. The van der Waals surface area contributed by atoms with Gasteiger partial charge in [0.15, 0.2) is 0 Å². The molecule has 0 aliphatic carbocycles. The predicted molar refractivity (Wildman–Crippen MR) is 42.9 cm³/mol. The Morgan fingerprint density at radius 2 is 1.91 bits per heavy atom. The van der Waals surface area contributed by atoms with E-state index in [1.165, 1.54) is 6.42 Å². The maximum atomic E-state index is 9.99. The Labute approximate surface area is 68.6 Å². The van der Waals surface area contributed by atoms with Crippen molar-refractivity contribution in [3.63, 3.8) is 0 Å². The third-order valence-electron chi connectivity index (χ3n) is 1.66. The number of carbonyl (C=O) groups excluding carboxylic acids is 1. The lowest BCUT2D eigenvalue weighted by atomic mass is 10.0. The molecular formula is C9H17O2-. The Kier molecular flexibility index (Phi) is 5.90. The molecular weight excluding hydrogens is 140 g/mol. The Hall–Kier alpha value is -0.530. The topological polar surface area (TPSA) is 40.1 Å². The van der Waals surface area contributed by atoms with E-state index in [2.05, 4.69) is 13.8 Å². The minimum atomic E-state index is -0.922. The summed E-state index contributed by atoms with van der Waals surface area (Å²) in [4.78, 5) is 9.99. The lowest BCUT2D eigenvalue weighted by Gasteiger charge is -2.04. The van der Waals surface area contributed by atoms with Gasteiger partial charge >= 0.3 is 0 Å². The first-order valence-corrected chi connectivity index (χ1v) is 4.32. The van der Waals surface area contributed by atoms with E-state index in [0.717, 1.165) is 25.2 Å². The second-order valence-electron chi connectivity index (χ2n) is 3.37. The molecule has 0 spiro atoms. The van der Waals surface area contributed by atoms with E-state index in [1.807, 2.05) is 0 Å². The number of unbranched alkanes of at least 4 members (excludes halogenated alkanes) is 2. The molecule has 0 N–H and O–H groups in total. The maximum Gasteiger partial charge on any atom is 0.0414 e. The average molecular weight is 157 g/mol. The van der Waals surface area contributed by atoms with Crippen molar-refractivity contribution in [2.45, 2.75) is 46.0 Å². The van der Waals surface area contributed by atoms with Crippen LogP contribution < -0.4 is 5.11 Å². The lowest BCUT2D eigenvalue weighted by Crippen LogP contribution is -2.21. The van der Waals surface area contributed by atoms with E-state index >= 15 is 0 Å². The number of carboxylic acid groups (broad SMARTS) is 1. The number of hydrogen-bond acceptors (Lipinski definition) is 2. The molecule has 0 unspecified atom stereocenters. The van der Waals surface area contributed by atoms with Crippen LogP contribution >= 0.6 is 0 Å². The predicted octanol–water partition coefficient (Wildman–Crippen LogP) is 1.34. The third-order valence-corrected chi connectivity index (χ3v) is 1.66. The van der Waals surface area contributed by atoms with Gasteiger partial charge in [-0.05, 0) is 18.8 Å². The van der Waals surface area contributed by atoms with Gasteiger partial charge in [-0.3, -0.25) is 0 Å². The van der Waals surface area contributed by atoms with Crippen LogP contribution in [-0.4, -0.2) is 5.97 Å².